The zero-order chi connectivity index (χ0) is 14.4. The molecule has 1 aromatic rings. The molecular formula is C16H25NO3. The molecule has 2 unspecified atom stereocenters. The Bertz CT molecular complexity index is 404. The first-order valence-electron chi connectivity index (χ1n) is 7.31. The number of hydrogen-bond donors (Lipinski definition) is 1. The van der Waals surface area contributed by atoms with Crippen molar-refractivity contribution >= 4 is 0 Å². The van der Waals surface area contributed by atoms with Crippen molar-refractivity contribution in [3.63, 3.8) is 0 Å². The summed E-state index contributed by atoms with van der Waals surface area (Å²) < 4.78 is 11.2. The zero-order valence-corrected chi connectivity index (χ0v) is 12.4. The number of aliphatic hydroxyl groups excluding tert-OH is 1. The third kappa shape index (κ3) is 5.12. The van der Waals surface area contributed by atoms with Gasteiger partial charge in [-0.25, -0.2) is 0 Å². The maximum atomic E-state index is 10.0. The minimum atomic E-state index is -0.484. The quantitative estimate of drug-likeness (QED) is 0.827. The van der Waals surface area contributed by atoms with Crippen LogP contribution < -0.4 is 4.74 Å². The van der Waals surface area contributed by atoms with E-state index in [9.17, 15) is 5.11 Å². The van der Waals surface area contributed by atoms with Crippen molar-refractivity contribution in [2.45, 2.75) is 32.0 Å². The zero-order valence-electron chi connectivity index (χ0n) is 12.4. The highest BCUT2D eigenvalue weighted by Gasteiger charge is 2.18. The molecule has 4 heteroatoms. The average molecular weight is 279 g/mol. The Morgan fingerprint density at radius 2 is 2.35 bits per heavy atom. The summed E-state index contributed by atoms with van der Waals surface area (Å²) >= 11 is 0. The molecule has 0 spiro atoms. The number of aliphatic hydroxyl groups is 1. The van der Waals surface area contributed by atoms with Crippen molar-refractivity contribution in [1.29, 1.82) is 0 Å². The van der Waals surface area contributed by atoms with Gasteiger partial charge >= 0.3 is 0 Å². The second kappa shape index (κ2) is 7.62. The van der Waals surface area contributed by atoms with Gasteiger partial charge < -0.3 is 19.5 Å². The average Bonchev–Trinajstić information content (AvgIpc) is 2.89. The monoisotopic (exact) mass is 279 g/mol. The molecule has 0 aliphatic carbocycles. The van der Waals surface area contributed by atoms with E-state index in [1.54, 1.807) is 0 Å². The van der Waals surface area contributed by atoms with Crippen molar-refractivity contribution in [2.24, 2.45) is 0 Å². The van der Waals surface area contributed by atoms with E-state index in [1.807, 2.05) is 38.2 Å². The molecular weight excluding hydrogens is 254 g/mol. The largest absolute Gasteiger partial charge is 0.491 e. The summed E-state index contributed by atoms with van der Waals surface area (Å²) in [6, 6.07) is 7.87. The minimum absolute atomic E-state index is 0.319. The lowest BCUT2D eigenvalue weighted by Crippen LogP contribution is -2.37. The third-order valence-electron chi connectivity index (χ3n) is 3.49. The molecule has 1 aromatic carbocycles. The molecule has 2 rings (SSSR count). The third-order valence-corrected chi connectivity index (χ3v) is 3.49. The first-order valence-corrected chi connectivity index (χ1v) is 7.31. The molecule has 1 aliphatic rings. The highest BCUT2D eigenvalue weighted by Crippen LogP contribution is 2.14. The van der Waals surface area contributed by atoms with Crippen LogP contribution in [-0.2, 0) is 4.74 Å². The van der Waals surface area contributed by atoms with Crippen LogP contribution in [0.25, 0.3) is 0 Å². The molecule has 0 radical (unpaired) electrons. The van der Waals surface area contributed by atoms with Gasteiger partial charge in [-0.1, -0.05) is 12.1 Å². The molecule has 2 atom stereocenters. The highest BCUT2D eigenvalue weighted by atomic mass is 16.5. The summed E-state index contributed by atoms with van der Waals surface area (Å²) in [4.78, 5) is 2.11. The lowest BCUT2D eigenvalue weighted by Gasteiger charge is -2.23. The Hall–Kier alpha value is -1.10. The smallest absolute Gasteiger partial charge is 0.119 e. The van der Waals surface area contributed by atoms with Gasteiger partial charge in [0.25, 0.3) is 0 Å². The van der Waals surface area contributed by atoms with Gasteiger partial charge in [0.05, 0.1) is 6.10 Å². The molecule has 112 valence electrons. The van der Waals surface area contributed by atoms with Gasteiger partial charge in [0.1, 0.15) is 18.5 Å². The van der Waals surface area contributed by atoms with Crippen LogP contribution in [0.3, 0.4) is 0 Å². The van der Waals surface area contributed by atoms with E-state index in [2.05, 4.69) is 4.90 Å². The van der Waals surface area contributed by atoms with Gasteiger partial charge in [-0.15, -0.1) is 0 Å². The second-order valence-electron chi connectivity index (χ2n) is 5.64. The van der Waals surface area contributed by atoms with Gasteiger partial charge in [-0.05, 0) is 44.5 Å². The standard InChI is InChI=1S/C16H25NO3/c1-13-5-3-6-15(9-13)20-12-14(18)10-17(2)11-16-7-4-8-19-16/h3,5-6,9,14,16,18H,4,7-8,10-12H2,1-2H3. The minimum Gasteiger partial charge on any atom is -0.491 e. The van der Waals surface area contributed by atoms with Crippen molar-refractivity contribution in [1.82, 2.24) is 4.90 Å². The maximum absolute atomic E-state index is 10.0. The van der Waals surface area contributed by atoms with Gasteiger partial charge in [0.2, 0.25) is 0 Å². The number of rotatable bonds is 7. The molecule has 1 heterocycles. The Balaban J connectivity index is 1.67. The molecule has 1 saturated heterocycles. The first kappa shape index (κ1) is 15.3. The van der Waals surface area contributed by atoms with Crippen molar-refractivity contribution in [2.75, 3.05) is 33.4 Å². The lowest BCUT2D eigenvalue weighted by atomic mass is 10.2. The van der Waals surface area contributed by atoms with Crippen LogP contribution in [0.1, 0.15) is 18.4 Å². The number of hydrogen-bond acceptors (Lipinski definition) is 4. The van der Waals surface area contributed by atoms with E-state index < -0.39 is 6.10 Å². The summed E-state index contributed by atoms with van der Waals surface area (Å²) in [6.07, 6.45) is 2.12. The predicted octanol–water partition coefficient (Wildman–Crippen LogP) is 1.85. The fourth-order valence-electron chi connectivity index (χ4n) is 2.52. The van der Waals surface area contributed by atoms with E-state index >= 15 is 0 Å². The maximum Gasteiger partial charge on any atom is 0.119 e. The highest BCUT2D eigenvalue weighted by molar-refractivity contribution is 5.27. The SMILES string of the molecule is Cc1cccc(OCC(O)CN(C)CC2CCCO2)c1. The van der Waals surface area contributed by atoms with Crippen LogP contribution in [0.2, 0.25) is 0 Å². The van der Waals surface area contributed by atoms with Gasteiger partial charge in [0.15, 0.2) is 0 Å². The van der Waals surface area contributed by atoms with Crippen LogP contribution in [0, 0.1) is 6.92 Å². The van der Waals surface area contributed by atoms with E-state index in [0.717, 1.165) is 37.3 Å². The fraction of sp³-hybridized carbons (Fsp3) is 0.625. The van der Waals surface area contributed by atoms with Crippen LogP contribution in [0.4, 0.5) is 0 Å². The fourth-order valence-corrected chi connectivity index (χ4v) is 2.52. The molecule has 1 N–H and O–H groups in total. The molecule has 0 aromatic heterocycles. The second-order valence-corrected chi connectivity index (χ2v) is 5.64. The topological polar surface area (TPSA) is 41.9 Å². The number of ether oxygens (including phenoxy) is 2. The van der Waals surface area contributed by atoms with Crippen LogP contribution in [0.5, 0.6) is 5.75 Å². The summed E-state index contributed by atoms with van der Waals surface area (Å²) in [5.41, 5.74) is 1.16. The molecule has 0 saturated carbocycles. The van der Waals surface area contributed by atoms with Gasteiger partial charge in [0, 0.05) is 19.7 Å². The Kier molecular flexibility index (Phi) is 5.83. The Morgan fingerprint density at radius 1 is 1.50 bits per heavy atom. The molecule has 0 bridgehead atoms. The van der Waals surface area contributed by atoms with Crippen LogP contribution in [-0.4, -0.2) is 55.6 Å². The van der Waals surface area contributed by atoms with Crippen molar-refractivity contribution in [3.8, 4) is 5.75 Å². The van der Waals surface area contributed by atoms with E-state index in [1.165, 1.54) is 0 Å². The lowest BCUT2D eigenvalue weighted by molar-refractivity contribution is 0.0443. The van der Waals surface area contributed by atoms with Crippen molar-refractivity contribution < 1.29 is 14.6 Å². The van der Waals surface area contributed by atoms with Gasteiger partial charge in [-0.3, -0.25) is 0 Å². The Morgan fingerprint density at radius 3 is 3.05 bits per heavy atom. The molecule has 20 heavy (non-hydrogen) atoms. The van der Waals surface area contributed by atoms with Gasteiger partial charge in [-0.2, -0.15) is 0 Å². The van der Waals surface area contributed by atoms with Crippen LogP contribution >= 0.6 is 0 Å². The summed E-state index contributed by atoms with van der Waals surface area (Å²) in [5.74, 6) is 0.811. The number of likely N-dealkylation sites (N-methyl/N-ethyl adjacent to an activating group) is 1. The first-order chi connectivity index (χ1) is 9.63. The number of aryl methyl sites for hydroxylation is 1. The van der Waals surface area contributed by atoms with E-state index in [-0.39, 0.29) is 0 Å². The molecule has 1 aliphatic heterocycles. The molecule has 0 amide bonds. The predicted molar refractivity (Wildman–Crippen MR) is 79.2 cm³/mol. The number of benzene rings is 1. The summed E-state index contributed by atoms with van der Waals surface area (Å²) in [5, 5.41) is 10.0. The van der Waals surface area contributed by atoms with Crippen LogP contribution in [0.15, 0.2) is 24.3 Å². The van der Waals surface area contributed by atoms with Crippen molar-refractivity contribution in [3.05, 3.63) is 29.8 Å². The van der Waals surface area contributed by atoms with E-state index in [0.29, 0.717) is 19.3 Å². The molecule has 1 fully saturated rings. The Labute approximate surface area is 121 Å². The summed E-state index contributed by atoms with van der Waals surface area (Å²) in [6.45, 7) is 4.70. The molecule has 4 nitrogen and oxygen atoms in total. The van der Waals surface area contributed by atoms with E-state index in [4.69, 9.17) is 9.47 Å². The summed E-state index contributed by atoms with van der Waals surface area (Å²) in [7, 11) is 2.01. The number of nitrogens with zero attached hydrogens (tertiary/aromatic N) is 1. The normalized spacial score (nSPS) is 20.3.